The molecule has 4 rings (SSSR count). The van der Waals surface area contributed by atoms with Crippen molar-refractivity contribution in [2.24, 2.45) is 0 Å². The summed E-state index contributed by atoms with van der Waals surface area (Å²) in [4.78, 5) is 29.4. The first kappa shape index (κ1) is 23.3. The lowest BCUT2D eigenvalue weighted by Gasteiger charge is -2.37. The van der Waals surface area contributed by atoms with Crippen LogP contribution in [-0.4, -0.2) is 52.6 Å². The fraction of sp³-hybridized carbons (Fsp3) is 0.440. The number of nitrogens with zero attached hydrogens (tertiary/aromatic N) is 2. The Morgan fingerprint density at radius 3 is 2.58 bits per heavy atom. The third-order valence-electron chi connectivity index (χ3n) is 6.62. The smallest absolute Gasteiger partial charge is 0.257 e. The van der Waals surface area contributed by atoms with Crippen LogP contribution in [0.1, 0.15) is 48.5 Å². The summed E-state index contributed by atoms with van der Waals surface area (Å²) < 4.78 is 47.3. The molecule has 2 atom stereocenters. The molecule has 1 aromatic rings. The van der Waals surface area contributed by atoms with E-state index < -0.39 is 41.2 Å². The van der Waals surface area contributed by atoms with Crippen LogP contribution in [0.2, 0.25) is 0 Å². The number of ether oxygens (including phenoxy) is 1. The minimum Gasteiger partial charge on any atom is -0.342 e. The summed E-state index contributed by atoms with van der Waals surface area (Å²) in [6.45, 7) is 7.36. The molecular formula is C25H27F3N2O3. The van der Waals surface area contributed by atoms with Crippen molar-refractivity contribution in [3.05, 3.63) is 71.1 Å². The quantitative estimate of drug-likeness (QED) is 0.610. The molecule has 3 aliphatic rings. The lowest BCUT2D eigenvalue weighted by molar-refractivity contribution is -0.142. The maximum absolute atomic E-state index is 14.2. The second-order valence-electron chi connectivity index (χ2n) is 8.98. The summed E-state index contributed by atoms with van der Waals surface area (Å²) in [5.74, 6) is -2.59. The molecular weight excluding hydrogens is 433 g/mol. The van der Waals surface area contributed by atoms with E-state index in [0.717, 1.165) is 24.6 Å². The van der Waals surface area contributed by atoms with Gasteiger partial charge in [0.2, 0.25) is 0 Å². The van der Waals surface area contributed by atoms with Crippen LogP contribution < -0.4 is 0 Å². The molecule has 8 heteroatoms. The highest BCUT2D eigenvalue weighted by Gasteiger charge is 2.58. The predicted octanol–water partition coefficient (Wildman–Crippen LogP) is 4.74. The number of hydrogen-bond acceptors (Lipinski definition) is 3. The fourth-order valence-electron chi connectivity index (χ4n) is 4.96. The lowest BCUT2D eigenvalue weighted by atomic mass is 9.89. The highest BCUT2D eigenvalue weighted by atomic mass is 19.1. The average Bonchev–Trinajstić information content (AvgIpc) is 3.27. The van der Waals surface area contributed by atoms with Gasteiger partial charge in [0.25, 0.3) is 11.8 Å². The van der Waals surface area contributed by atoms with E-state index in [1.54, 1.807) is 22.8 Å². The monoisotopic (exact) mass is 460 g/mol. The molecule has 0 N–H and O–H groups in total. The van der Waals surface area contributed by atoms with E-state index in [2.05, 4.69) is 6.58 Å². The molecule has 1 spiro atoms. The summed E-state index contributed by atoms with van der Waals surface area (Å²) in [7, 11) is 0. The first-order valence-electron chi connectivity index (χ1n) is 11.1. The van der Waals surface area contributed by atoms with Crippen LogP contribution in [0, 0.1) is 12.7 Å². The van der Waals surface area contributed by atoms with Crippen LogP contribution in [0.25, 0.3) is 0 Å². The Balaban J connectivity index is 1.45. The molecule has 0 aliphatic carbocycles. The summed E-state index contributed by atoms with van der Waals surface area (Å²) in [6.07, 6.45) is 3.23. The van der Waals surface area contributed by atoms with Gasteiger partial charge >= 0.3 is 0 Å². The van der Waals surface area contributed by atoms with Crippen LogP contribution in [0.4, 0.5) is 13.2 Å². The molecule has 3 heterocycles. The number of carbonyl (C=O) groups excluding carboxylic acids is 2. The average molecular weight is 460 g/mol. The second-order valence-corrected chi connectivity index (χ2v) is 8.98. The van der Waals surface area contributed by atoms with Crippen LogP contribution in [-0.2, 0) is 9.53 Å². The van der Waals surface area contributed by atoms with Crippen molar-refractivity contribution in [1.82, 2.24) is 9.80 Å². The molecule has 3 fully saturated rings. The zero-order chi connectivity index (χ0) is 23.9. The minimum atomic E-state index is -1.05. The van der Waals surface area contributed by atoms with E-state index in [0.29, 0.717) is 31.3 Å². The van der Waals surface area contributed by atoms with Gasteiger partial charge in [-0.25, -0.2) is 13.2 Å². The first-order valence-corrected chi connectivity index (χ1v) is 11.1. The normalized spacial score (nSPS) is 25.1. The summed E-state index contributed by atoms with van der Waals surface area (Å²) in [5, 5.41) is 0. The molecule has 0 unspecified atom stereocenters. The van der Waals surface area contributed by atoms with Crippen molar-refractivity contribution in [1.29, 1.82) is 0 Å². The van der Waals surface area contributed by atoms with Gasteiger partial charge in [0.15, 0.2) is 5.60 Å². The number of rotatable bonds is 4. The number of benzene rings is 1. The van der Waals surface area contributed by atoms with Crippen molar-refractivity contribution in [2.45, 2.75) is 57.4 Å². The molecule has 3 saturated heterocycles. The number of aryl methyl sites for hydroxylation is 1. The summed E-state index contributed by atoms with van der Waals surface area (Å²) in [6, 6.07) is 3.98. The topological polar surface area (TPSA) is 49.9 Å². The zero-order valence-corrected chi connectivity index (χ0v) is 18.7. The van der Waals surface area contributed by atoms with E-state index in [1.807, 2.05) is 0 Å². The summed E-state index contributed by atoms with van der Waals surface area (Å²) >= 11 is 0. The molecule has 1 aromatic carbocycles. The Morgan fingerprint density at radius 1 is 1.21 bits per heavy atom. The van der Waals surface area contributed by atoms with E-state index in [4.69, 9.17) is 4.74 Å². The highest BCUT2D eigenvalue weighted by Crippen LogP contribution is 2.44. The Bertz CT molecular complexity index is 1050. The molecule has 5 nitrogen and oxygen atoms in total. The molecule has 0 aromatic heterocycles. The molecule has 0 bridgehead atoms. The zero-order valence-electron chi connectivity index (χ0n) is 18.7. The number of amides is 2. The van der Waals surface area contributed by atoms with Gasteiger partial charge in [-0.15, -0.1) is 0 Å². The van der Waals surface area contributed by atoms with E-state index in [9.17, 15) is 22.8 Å². The van der Waals surface area contributed by atoms with Gasteiger partial charge in [0.1, 0.15) is 17.9 Å². The fourth-order valence-corrected chi connectivity index (χ4v) is 4.96. The molecule has 0 radical (unpaired) electrons. The third kappa shape index (κ3) is 4.36. The van der Waals surface area contributed by atoms with Crippen LogP contribution in [0.15, 0.2) is 54.2 Å². The van der Waals surface area contributed by atoms with Crippen LogP contribution in [0.5, 0.6) is 0 Å². The van der Waals surface area contributed by atoms with Gasteiger partial charge in [-0.1, -0.05) is 18.2 Å². The SMILES string of the molecule is C=C(/C=C(F)\C=C(/C)F)[C@@H]1CC[C@H]2OC3(CCN(C(=O)c4cc(C)ccc4F)CC3)C(=O)N21. The number of likely N-dealkylation sites (tertiary alicyclic amines) is 1. The van der Waals surface area contributed by atoms with E-state index >= 15 is 0 Å². The van der Waals surface area contributed by atoms with Crippen molar-refractivity contribution in [3.8, 4) is 0 Å². The minimum absolute atomic E-state index is 0.0213. The Kier molecular flexibility index (Phi) is 6.22. The molecule has 3 aliphatic heterocycles. The van der Waals surface area contributed by atoms with Gasteiger partial charge in [-0.05, 0) is 50.5 Å². The number of allylic oxidation sites excluding steroid dienone is 3. The Labute approximate surface area is 191 Å². The number of piperidine rings is 1. The van der Waals surface area contributed by atoms with Gasteiger partial charge in [0, 0.05) is 32.0 Å². The van der Waals surface area contributed by atoms with Crippen molar-refractivity contribution in [2.75, 3.05) is 13.1 Å². The lowest BCUT2D eigenvalue weighted by Crippen LogP contribution is -2.52. The van der Waals surface area contributed by atoms with E-state index in [1.165, 1.54) is 12.1 Å². The number of hydrogen-bond donors (Lipinski definition) is 0. The predicted molar refractivity (Wildman–Crippen MR) is 117 cm³/mol. The van der Waals surface area contributed by atoms with Gasteiger partial charge < -0.3 is 14.5 Å². The number of halogens is 3. The molecule has 2 amide bonds. The van der Waals surface area contributed by atoms with Crippen molar-refractivity contribution in [3.63, 3.8) is 0 Å². The summed E-state index contributed by atoms with van der Waals surface area (Å²) in [5.41, 5.74) is 0.137. The maximum Gasteiger partial charge on any atom is 0.257 e. The standard InChI is InChI=1S/C25H27F3N2O3/c1-15-4-5-20(28)19(12-15)23(31)29-10-8-25(9-11-29)24(32)30-21(6-7-22(30)33-25)16(2)13-18(27)14-17(3)26/h4-5,12-14,21-22H,2,6-11H2,1,3H3/b17-14+,18-13+/t21-,22+/m0/s1. The number of carbonyl (C=O) groups is 2. The second kappa shape index (κ2) is 8.82. The van der Waals surface area contributed by atoms with Crippen molar-refractivity contribution >= 4 is 11.8 Å². The van der Waals surface area contributed by atoms with Crippen molar-refractivity contribution < 1.29 is 27.5 Å². The van der Waals surface area contributed by atoms with Crippen LogP contribution >= 0.6 is 0 Å². The highest BCUT2D eigenvalue weighted by molar-refractivity contribution is 5.95. The van der Waals surface area contributed by atoms with E-state index in [-0.39, 0.29) is 24.6 Å². The maximum atomic E-state index is 14.2. The largest absolute Gasteiger partial charge is 0.342 e. The van der Waals surface area contributed by atoms with Gasteiger partial charge in [-0.3, -0.25) is 9.59 Å². The molecule has 176 valence electrons. The van der Waals surface area contributed by atoms with Crippen LogP contribution in [0.3, 0.4) is 0 Å². The third-order valence-corrected chi connectivity index (χ3v) is 6.62. The molecule has 0 saturated carbocycles. The number of fused-ring (bicyclic) bond motifs is 1. The molecule has 33 heavy (non-hydrogen) atoms. The van der Waals surface area contributed by atoms with Gasteiger partial charge in [0.05, 0.1) is 17.4 Å². The first-order chi connectivity index (χ1) is 15.6. The Morgan fingerprint density at radius 2 is 1.91 bits per heavy atom. The van der Waals surface area contributed by atoms with Gasteiger partial charge in [-0.2, -0.15) is 0 Å². The Hall–Kier alpha value is -2.87.